The molecule has 1 aromatic heterocycles. The molecular formula is C14H16BrNO2. The molecule has 0 aliphatic heterocycles. The average molecular weight is 310 g/mol. The highest BCUT2D eigenvalue weighted by atomic mass is 79.9. The van der Waals surface area contributed by atoms with Crippen LogP contribution in [0.25, 0.3) is 10.9 Å². The van der Waals surface area contributed by atoms with Gasteiger partial charge in [0, 0.05) is 29.0 Å². The van der Waals surface area contributed by atoms with Gasteiger partial charge in [0.15, 0.2) is 0 Å². The number of benzene rings is 1. The lowest BCUT2D eigenvalue weighted by molar-refractivity contribution is -0.146. The van der Waals surface area contributed by atoms with E-state index in [2.05, 4.69) is 26.6 Å². The minimum absolute atomic E-state index is 0.514. The van der Waals surface area contributed by atoms with E-state index in [4.69, 9.17) is 0 Å². The zero-order valence-corrected chi connectivity index (χ0v) is 12.3. The fourth-order valence-corrected chi connectivity index (χ4v) is 2.77. The predicted octanol–water partition coefficient (Wildman–Crippen LogP) is 3.59. The molecule has 2 rings (SSSR count). The summed E-state index contributed by atoms with van der Waals surface area (Å²) >= 11 is 3.53. The van der Waals surface area contributed by atoms with Gasteiger partial charge in [-0.15, -0.1) is 0 Å². The van der Waals surface area contributed by atoms with Gasteiger partial charge < -0.3 is 9.67 Å². The summed E-state index contributed by atoms with van der Waals surface area (Å²) in [6.07, 6.45) is 0.514. The van der Waals surface area contributed by atoms with Crippen molar-refractivity contribution in [3.8, 4) is 0 Å². The first-order valence-electron chi connectivity index (χ1n) is 5.79. The van der Waals surface area contributed by atoms with Gasteiger partial charge in [-0.1, -0.05) is 12.1 Å². The number of aliphatic carboxylic acids is 1. The number of para-hydroxylation sites is 1. The molecule has 96 valence electrons. The second kappa shape index (κ2) is 4.43. The Labute approximate surface area is 115 Å². The van der Waals surface area contributed by atoms with Crippen LogP contribution in [0.3, 0.4) is 0 Å². The molecule has 0 spiro atoms. The van der Waals surface area contributed by atoms with Gasteiger partial charge in [0.25, 0.3) is 0 Å². The Hall–Kier alpha value is -1.29. The third-order valence-electron chi connectivity index (χ3n) is 3.31. The van der Waals surface area contributed by atoms with Gasteiger partial charge in [0.05, 0.1) is 10.9 Å². The topological polar surface area (TPSA) is 42.2 Å². The van der Waals surface area contributed by atoms with Gasteiger partial charge in [-0.3, -0.25) is 4.79 Å². The van der Waals surface area contributed by atoms with Crippen LogP contribution < -0.4 is 0 Å². The summed E-state index contributed by atoms with van der Waals surface area (Å²) in [6, 6.07) is 8.08. The number of hydrogen-bond donors (Lipinski definition) is 1. The van der Waals surface area contributed by atoms with Gasteiger partial charge in [0.1, 0.15) is 0 Å². The highest BCUT2D eigenvalue weighted by molar-refractivity contribution is 9.10. The first-order valence-corrected chi connectivity index (χ1v) is 6.58. The summed E-state index contributed by atoms with van der Waals surface area (Å²) in [5.41, 5.74) is 1.38. The molecule has 0 bridgehead atoms. The van der Waals surface area contributed by atoms with Crippen LogP contribution in [0.15, 0.2) is 28.7 Å². The minimum atomic E-state index is -0.771. The van der Waals surface area contributed by atoms with Crippen molar-refractivity contribution < 1.29 is 9.90 Å². The lowest BCUT2D eigenvalue weighted by Gasteiger charge is -2.19. The number of halogens is 1. The van der Waals surface area contributed by atoms with E-state index in [1.807, 2.05) is 25.2 Å². The van der Waals surface area contributed by atoms with Gasteiger partial charge >= 0.3 is 5.97 Å². The van der Waals surface area contributed by atoms with Crippen LogP contribution in [-0.4, -0.2) is 15.6 Å². The smallest absolute Gasteiger partial charge is 0.309 e. The SMILES string of the molecule is Cn1c(CC(C)(C)C(=O)O)cc2cccc(Br)c21. The summed E-state index contributed by atoms with van der Waals surface area (Å²) in [6.45, 7) is 3.50. The molecule has 0 unspecified atom stereocenters. The van der Waals surface area contributed by atoms with Gasteiger partial charge in [0.2, 0.25) is 0 Å². The molecule has 1 heterocycles. The van der Waals surface area contributed by atoms with E-state index < -0.39 is 11.4 Å². The number of rotatable bonds is 3. The zero-order chi connectivity index (χ0) is 13.5. The van der Waals surface area contributed by atoms with Gasteiger partial charge in [-0.2, -0.15) is 0 Å². The molecule has 2 aromatic rings. The Balaban J connectivity index is 2.51. The molecule has 0 atom stereocenters. The third-order valence-corrected chi connectivity index (χ3v) is 3.95. The number of carboxylic acids is 1. The van der Waals surface area contributed by atoms with Gasteiger partial charge in [-0.25, -0.2) is 0 Å². The highest BCUT2D eigenvalue weighted by Gasteiger charge is 2.28. The fourth-order valence-electron chi connectivity index (χ4n) is 2.12. The molecule has 4 heteroatoms. The molecule has 0 saturated heterocycles. The summed E-state index contributed by atoms with van der Waals surface area (Å²) < 4.78 is 3.09. The van der Waals surface area contributed by atoms with Crippen LogP contribution in [0.1, 0.15) is 19.5 Å². The summed E-state index contributed by atoms with van der Waals surface area (Å²) in [4.78, 5) is 11.2. The molecule has 18 heavy (non-hydrogen) atoms. The third kappa shape index (κ3) is 2.17. The van der Waals surface area contributed by atoms with E-state index in [-0.39, 0.29) is 0 Å². The maximum atomic E-state index is 11.2. The molecule has 0 aliphatic carbocycles. The van der Waals surface area contributed by atoms with E-state index in [9.17, 15) is 9.90 Å². The largest absolute Gasteiger partial charge is 0.481 e. The van der Waals surface area contributed by atoms with Crippen molar-refractivity contribution in [1.29, 1.82) is 0 Å². The van der Waals surface area contributed by atoms with E-state index in [0.717, 1.165) is 21.1 Å². The average Bonchev–Trinajstić information content (AvgIpc) is 2.56. The number of aryl methyl sites for hydroxylation is 1. The molecule has 0 fully saturated rings. The van der Waals surface area contributed by atoms with Crippen molar-refractivity contribution in [3.05, 3.63) is 34.4 Å². The normalized spacial score (nSPS) is 12.0. The van der Waals surface area contributed by atoms with Crippen LogP contribution in [-0.2, 0) is 18.3 Å². The second-order valence-electron chi connectivity index (χ2n) is 5.24. The lowest BCUT2D eigenvalue weighted by atomic mass is 9.88. The van der Waals surface area contributed by atoms with E-state index in [1.165, 1.54) is 0 Å². The van der Waals surface area contributed by atoms with E-state index in [1.54, 1.807) is 13.8 Å². The summed E-state index contributed by atoms with van der Waals surface area (Å²) in [5.74, 6) is -0.771. The first-order chi connectivity index (χ1) is 8.33. The number of fused-ring (bicyclic) bond motifs is 1. The van der Waals surface area contributed by atoms with E-state index in [0.29, 0.717) is 6.42 Å². The van der Waals surface area contributed by atoms with Crippen molar-refractivity contribution in [1.82, 2.24) is 4.57 Å². The maximum Gasteiger partial charge on any atom is 0.309 e. The maximum absolute atomic E-state index is 11.2. The monoisotopic (exact) mass is 309 g/mol. The van der Waals surface area contributed by atoms with Crippen molar-refractivity contribution in [2.24, 2.45) is 12.5 Å². The fraction of sp³-hybridized carbons (Fsp3) is 0.357. The highest BCUT2D eigenvalue weighted by Crippen LogP contribution is 2.30. The van der Waals surface area contributed by atoms with E-state index >= 15 is 0 Å². The first kappa shape index (κ1) is 13.1. The van der Waals surface area contributed by atoms with Crippen LogP contribution in [0.2, 0.25) is 0 Å². The molecule has 0 amide bonds. The molecule has 0 radical (unpaired) electrons. The quantitative estimate of drug-likeness (QED) is 0.941. The molecule has 1 N–H and O–H groups in total. The molecular weight excluding hydrogens is 294 g/mol. The number of nitrogens with zero attached hydrogens (tertiary/aromatic N) is 1. The summed E-state index contributed by atoms with van der Waals surface area (Å²) in [5, 5.41) is 10.3. The Morgan fingerprint density at radius 1 is 1.44 bits per heavy atom. The van der Waals surface area contributed by atoms with Crippen molar-refractivity contribution in [3.63, 3.8) is 0 Å². The van der Waals surface area contributed by atoms with Crippen LogP contribution in [0, 0.1) is 5.41 Å². The Bertz CT molecular complexity index is 614. The van der Waals surface area contributed by atoms with Gasteiger partial charge in [-0.05, 0) is 41.9 Å². The molecule has 1 aromatic carbocycles. The Kier molecular flexibility index (Phi) is 3.23. The zero-order valence-electron chi connectivity index (χ0n) is 10.7. The molecule has 0 aliphatic rings. The number of carbonyl (C=O) groups is 1. The standard InChI is InChI=1S/C14H16BrNO2/c1-14(2,13(17)18)8-10-7-9-5-4-6-11(15)12(9)16(10)3/h4-7H,8H2,1-3H3,(H,17,18). The van der Waals surface area contributed by atoms with Crippen LogP contribution in [0.4, 0.5) is 0 Å². The van der Waals surface area contributed by atoms with Crippen molar-refractivity contribution in [2.45, 2.75) is 20.3 Å². The van der Waals surface area contributed by atoms with Crippen LogP contribution >= 0.6 is 15.9 Å². The molecule has 3 nitrogen and oxygen atoms in total. The number of carboxylic acid groups (broad SMARTS) is 1. The van der Waals surface area contributed by atoms with Crippen molar-refractivity contribution >= 4 is 32.8 Å². The predicted molar refractivity (Wildman–Crippen MR) is 75.7 cm³/mol. The molecule has 0 saturated carbocycles. The lowest BCUT2D eigenvalue weighted by Crippen LogP contribution is -2.27. The number of aromatic nitrogens is 1. The summed E-state index contributed by atoms with van der Waals surface area (Å²) in [7, 11) is 1.97. The second-order valence-corrected chi connectivity index (χ2v) is 6.09. The van der Waals surface area contributed by atoms with Crippen molar-refractivity contribution in [2.75, 3.05) is 0 Å². The Morgan fingerprint density at radius 2 is 2.11 bits per heavy atom. The van der Waals surface area contributed by atoms with Crippen LogP contribution in [0.5, 0.6) is 0 Å². The minimum Gasteiger partial charge on any atom is -0.481 e. The number of hydrogen-bond acceptors (Lipinski definition) is 1. The Morgan fingerprint density at radius 3 is 2.67 bits per heavy atom.